The molecular formula is C26H43N3O6. The fourth-order valence-corrected chi connectivity index (χ4v) is 4.13. The van der Waals surface area contributed by atoms with Gasteiger partial charge in [0, 0.05) is 5.92 Å². The summed E-state index contributed by atoms with van der Waals surface area (Å²) in [6.45, 7) is 11.4. The molecule has 198 valence electrons. The Labute approximate surface area is 209 Å². The monoisotopic (exact) mass is 493 g/mol. The first-order valence-corrected chi connectivity index (χ1v) is 12.5. The summed E-state index contributed by atoms with van der Waals surface area (Å²) < 4.78 is 10.3. The molecule has 9 heteroatoms. The van der Waals surface area contributed by atoms with Gasteiger partial charge in [-0.2, -0.15) is 0 Å². The van der Waals surface area contributed by atoms with Crippen LogP contribution in [0.1, 0.15) is 46.6 Å². The number of hydrogen-bond acceptors (Lipinski definition) is 6. The summed E-state index contributed by atoms with van der Waals surface area (Å²) >= 11 is 0. The lowest BCUT2D eigenvalue weighted by Gasteiger charge is -2.45. The molecule has 0 unspecified atom stereocenters. The van der Waals surface area contributed by atoms with Crippen LogP contribution in [0, 0.1) is 17.0 Å². The van der Waals surface area contributed by atoms with E-state index in [1.54, 1.807) is 20.8 Å². The van der Waals surface area contributed by atoms with Gasteiger partial charge in [0.2, 0.25) is 5.91 Å². The number of benzene rings is 1. The average molecular weight is 494 g/mol. The highest BCUT2D eigenvalue weighted by molar-refractivity contribution is 5.79. The largest absolute Gasteiger partial charge is 0.633 e. The van der Waals surface area contributed by atoms with Gasteiger partial charge < -0.3 is 35.1 Å². The van der Waals surface area contributed by atoms with Gasteiger partial charge in [0.1, 0.15) is 18.7 Å². The van der Waals surface area contributed by atoms with Gasteiger partial charge in [-0.25, -0.2) is 4.79 Å². The van der Waals surface area contributed by atoms with Crippen molar-refractivity contribution in [1.29, 1.82) is 0 Å². The van der Waals surface area contributed by atoms with Gasteiger partial charge in [-0.15, -0.1) is 0 Å². The molecule has 0 aliphatic carbocycles. The highest BCUT2D eigenvalue weighted by Crippen LogP contribution is 2.21. The van der Waals surface area contributed by atoms with E-state index in [9.17, 15) is 19.9 Å². The Hall–Kier alpha value is -2.20. The highest BCUT2D eigenvalue weighted by Gasteiger charge is 2.31. The van der Waals surface area contributed by atoms with Crippen molar-refractivity contribution in [3.05, 3.63) is 41.1 Å². The molecule has 1 aromatic rings. The fraction of sp³-hybridized carbons (Fsp3) is 0.692. The Morgan fingerprint density at radius 3 is 2.37 bits per heavy atom. The van der Waals surface area contributed by atoms with Crippen molar-refractivity contribution in [3.8, 4) is 0 Å². The van der Waals surface area contributed by atoms with Crippen LogP contribution in [0.2, 0.25) is 0 Å². The predicted molar refractivity (Wildman–Crippen MR) is 134 cm³/mol. The van der Waals surface area contributed by atoms with Gasteiger partial charge in [-0.3, -0.25) is 4.79 Å². The van der Waals surface area contributed by atoms with Gasteiger partial charge in [0.25, 0.3) is 0 Å². The molecule has 0 bridgehead atoms. The molecule has 3 N–H and O–H groups in total. The number of hydrogen-bond donors (Lipinski definition) is 3. The van der Waals surface area contributed by atoms with E-state index in [4.69, 9.17) is 9.47 Å². The summed E-state index contributed by atoms with van der Waals surface area (Å²) in [5.41, 5.74) is 0.280. The van der Waals surface area contributed by atoms with Crippen molar-refractivity contribution in [3.63, 3.8) is 0 Å². The number of quaternary nitrogens is 1. The van der Waals surface area contributed by atoms with E-state index >= 15 is 0 Å². The van der Waals surface area contributed by atoms with Crippen LogP contribution in [-0.4, -0.2) is 78.9 Å². The van der Waals surface area contributed by atoms with Crippen molar-refractivity contribution in [2.45, 2.75) is 65.2 Å². The lowest BCUT2D eigenvalue weighted by atomic mass is 9.86. The highest BCUT2D eigenvalue weighted by atomic mass is 16.6. The number of hydroxylamine groups is 3. The zero-order chi connectivity index (χ0) is 26.1. The minimum Gasteiger partial charge on any atom is -0.633 e. The lowest BCUT2D eigenvalue weighted by Crippen LogP contribution is -2.54. The first-order valence-electron chi connectivity index (χ1n) is 12.5. The van der Waals surface area contributed by atoms with E-state index in [2.05, 4.69) is 10.6 Å². The number of carbonyl (C=O) groups is 2. The van der Waals surface area contributed by atoms with Crippen LogP contribution >= 0.6 is 0 Å². The number of aliphatic hydroxyl groups is 1. The van der Waals surface area contributed by atoms with Crippen molar-refractivity contribution in [1.82, 2.24) is 10.6 Å². The summed E-state index contributed by atoms with van der Waals surface area (Å²) in [7, 11) is 0. The second-order valence-corrected chi connectivity index (χ2v) is 10.7. The molecule has 35 heavy (non-hydrogen) atoms. The molecule has 0 radical (unpaired) electrons. The molecule has 2 rings (SSSR count). The number of carbonyl (C=O) groups excluding carboxylic acids is 2. The summed E-state index contributed by atoms with van der Waals surface area (Å²) in [6.07, 6.45) is -1.02. The molecular weight excluding hydrogens is 450 g/mol. The van der Waals surface area contributed by atoms with E-state index in [0.717, 1.165) is 5.56 Å². The normalized spacial score (nSPS) is 18.4. The minimum atomic E-state index is -0.974. The summed E-state index contributed by atoms with van der Waals surface area (Å²) in [5.74, 6) is -0.717. The second kappa shape index (κ2) is 13.2. The van der Waals surface area contributed by atoms with Crippen molar-refractivity contribution in [2.75, 3.05) is 39.4 Å². The maximum Gasteiger partial charge on any atom is 0.407 e. The quantitative estimate of drug-likeness (QED) is 0.322. The second-order valence-electron chi connectivity index (χ2n) is 10.7. The number of alkyl carbamates (subject to hydrolysis) is 1. The van der Waals surface area contributed by atoms with Gasteiger partial charge in [0.05, 0.1) is 38.4 Å². The Kier molecular flexibility index (Phi) is 11.0. The van der Waals surface area contributed by atoms with Crippen LogP contribution in [0.15, 0.2) is 30.3 Å². The Morgan fingerprint density at radius 2 is 1.80 bits per heavy atom. The van der Waals surface area contributed by atoms with Crippen LogP contribution in [0.3, 0.4) is 0 Å². The van der Waals surface area contributed by atoms with E-state index in [1.807, 2.05) is 44.2 Å². The fourth-order valence-electron chi connectivity index (χ4n) is 4.13. The molecule has 1 fully saturated rings. The zero-order valence-corrected chi connectivity index (χ0v) is 21.8. The molecule has 1 aliphatic heterocycles. The van der Waals surface area contributed by atoms with Crippen molar-refractivity contribution in [2.24, 2.45) is 11.8 Å². The average Bonchev–Trinajstić information content (AvgIpc) is 2.76. The van der Waals surface area contributed by atoms with E-state index < -0.39 is 29.8 Å². The third-order valence-electron chi connectivity index (χ3n) is 6.21. The summed E-state index contributed by atoms with van der Waals surface area (Å²) in [4.78, 5) is 25.5. The molecule has 1 aromatic carbocycles. The maximum absolute atomic E-state index is 13.0. The SMILES string of the molecule is CC(C)[C@H](C[C@H](O)[C@H](Cc1ccccc1)NC(=O)OC(C)(C)C)C(=O)NCC[N+]1([O-])CCOCC1. The summed E-state index contributed by atoms with van der Waals surface area (Å²) in [6, 6.07) is 8.92. The number of aliphatic hydroxyl groups excluding tert-OH is 1. The number of nitrogens with one attached hydrogen (secondary N) is 2. The Bertz CT molecular complexity index is 790. The molecule has 9 nitrogen and oxygen atoms in total. The van der Waals surface area contributed by atoms with Gasteiger partial charge in [-0.1, -0.05) is 44.2 Å². The zero-order valence-electron chi connectivity index (χ0n) is 21.8. The molecule has 1 saturated heterocycles. The standard InChI is InChI=1S/C26H43N3O6/c1-19(2)21(24(31)27-11-12-29(33)13-15-34-16-14-29)18-23(30)22(17-20-9-7-6-8-10-20)28-25(32)35-26(3,4)5/h6-10,19,21-23,30H,11-18H2,1-5H3,(H,27,31)(H,28,32)/t21-,22-,23-/m0/s1. The first kappa shape index (κ1) is 29.0. The number of nitrogens with zero attached hydrogens (tertiary/aromatic N) is 1. The Balaban J connectivity index is 2.02. The maximum atomic E-state index is 13.0. The van der Waals surface area contributed by atoms with Gasteiger partial charge in [0.15, 0.2) is 0 Å². The van der Waals surface area contributed by atoms with Crippen LogP contribution in [-0.2, 0) is 20.7 Å². The van der Waals surface area contributed by atoms with E-state index in [-0.39, 0.29) is 29.4 Å². The summed E-state index contributed by atoms with van der Waals surface area (Å²) in [5, 5.41) is 29.5. The molecule has 1 heterocycles. The molecule has 2 amide bonds. The van der Waals surface area contributed by atoms with Gasteiger partial charge in [-0.05, 0) is 45.1 Å². The van der Waals surface area contributed by atoms with Crippen molar-refractivity contribution < 1.29 is 28.8 Å². The molecule has 1 aliphatic rings. The number of morpholine rings is 1. The topological polar surface area (TPSA) is 120 Å². The molecule has 3 atom stereocenters. The molecule has 0 spiro atoms. The first-order chi connectivity index (χ1) is 16.4. The number of ether oxygens (including phenoxy) is 2. The lowest BCUT2D eigenvalue weighted by molar-refractivity contribution is -0.887. The molecule has 0 saturated carbocycles. The van der Waals surface area contributed by atoms with Gasteiger partial charge >= 0.3 is 6.09 Å². The number of rotatable bonds is 11. The van der Waals surface area contributed by atoms with Crippen LogP contribution < -0.4 is 10.6 Å². The Morgan fingerprint density at radius 1 is 1.17 bits per heavy atom. The third kappa shape index (κ3) is 10.5. The van der Waals surface area contributed by atoms with E-state index in [1.165, 1.54) is 0 Å². The number of amides is 2. The minimum absolute atomic E-state index is 0.0395. The smallest absolute Gasteiger partial charge is 0.407 e. The van der Waals surface area contributed by atoms with Crippen molar-refractivity contribution >= 4 is 12.0 Å². The predicted octanol–water partition coefficient (Wildman–Crippen LogP) is 2.61. The van der Waals surface area contributed by atoms with Crippen LogP contribution in [0.4, 0.5) is 4.79 Å². The van der Waals surface area contributed by atoms with Crippen LogP contribution in [0.5, 0.6) is 0 Å². The third-order valence-corrected chi connectivity index (χ3v) is 6.21. The van der Waals surface area contributed by atoms with E-state index in [0.29, 0.717) is 39.3 Å². The molecule has 0 aromatic heterocycles. The van der Waals surface area contributed by atoms with Crippen LogP contribution in [0.25, 0.3) is 0 Å².